The summed E-state index contributed by atoms with van der Waals surface area (Å²) in [6.07, 6.45) is 6.56. The maximum absolute atomic E-state index is 11.0. The Morgan fingerprint density at radius 3 is 2.36 bits per heavy atom. The molecule has 1 aliphatic carbocycles. The quantitative estimate of drug-likeness (QED) is 0.840. The maximum Gasteiger partial charge on any atom is 0.335 e. The Labute approximate surface area is 130 Å². The lowest BCUT2D eigenvalue weighted by Gasteiger charge is -2.22. The molecule has 0 radical (unpaired) electrons. The molecule has 1 aliphatic rings. The van der Waals surface area contributed by atoms with Crippen LogP contribution in [0.1, 0.15) is 53.9 Å². The van der Waals surface area contributed by atoms with E-state index >= 15 is 0 Å². The third kappa shape index (κ3) is 3.48. The first-order valence-corrected chi connectivity index (χ1v) is 7.83. The molecule has 1 N–H and O–H groups in total. The minimum atomic E-state index is -0.946. The highest BCUT2D eigenvalue weighted by molar-refractivity contribution is 5.88. The van der Waals surface area contributed by atoms with Crippen molar-refractivity contribution in [3.8, 4) is 11.5 Å². The number of carboxylic acids is 1. The fourth-order valence-electron chi connectivity index (χ4n) is 3.07. The van der Waals surface area contributed by atoms with Gasteiger partial charge in [-0.05, 0) is 54.7 Å². The predicted molar refractivity (Wildman–Crippen MR) is 85.7 cm³/mol. The molecular formula is C19H20O3. The first-order valence-electron chi connectivity index (χ1n) is 7.83. The number of carbonyl (C=O) groups is 1. The highest BCUT2D eigenvalue weighted by Gasteiger charge is 2.15. The number of hydrogen-bond donors (Lipinski definition) is 1. The Bertz CT molecular complexity index is 640. The van der Waals surface area contributed by atoms with E-state index in [1.54, 1.807) is 18.2 Å². The number of ether oxygens (including phenoxy) is 1. The van der Waals surface area contributed by atoms with Gasteiger partial charge in [0.2, 0.25) is 0 Å². The van der Waals surface area contributed by atoms with Crippen LogP contribution in [0.15, 0.2) is 48.5 Å². The van der Waals surface area contributed by atoms with Crippen molar-refractivity contribution in [3.63, 3.8) is 0 Å². The normalized spacial score (nSPS) is 15.5. The summed E-state index contributed by atoms with van der Waals surface area (Å²) in [5, 5.41) is 9.00. The number of carboxylic acid groups (broad SMARTS) is 1. The molecule has 0 aliphatic heterocycles. The van der Waals surface area contributed by atoms with Crippen LogP contribution in [0.25, 0.3) is 0 Å². The molecule has 0 unspecified atom stereocenters. The van der Waals surface area contributed by atoms with Gasteiger partial charge >= 0.3 is 5.97 Å². The summed E-state index contributed by atoms with van der Waals surface area (Å²) >= 11 is 0. The van der Waals surface area contributed by atoms with Gasteiger partial charge in [0, 0.05) is 0 Å². The molecule has 3 rings (SSSR count). The van der Waals surface area contributed by atoms with Gasteiger partial charge in [0.05, 0.1) is 5.56 Å². The SMILES string of the molecule is O=C(O)c1cccc(Oc2ccc(C3CCCCC3)cc2)c1. The zero-order valence-electron chi connectivity index (χ0n) is 12.5. The summed E-state index contributed by atoms with van der Waals surface area (Å²) in [7, 11) is 0. The zero-order valence-corrected chi connectivity index (χ0v) is 12.5. The Kier molecular flexibility index (Phi) is 4.42. The molecule has 1 saturated carbocycles. The smallest absolute Gasteiger partial charge is 0.335 e. The van der Waals surface area contributed by atoms with Crippen molar-refractivity contribution in [2.75, 3.05) is 0 Å². The van der Waals surface area contributed by atoms with Crippen molar-refractivity contribution >= 4 is 5.97 Å². The third-order valence-electron chi connectivity index (χ3n) is 4.27. The molecule has 2 aromatic carbocycles. The van der Waals surface area contributed by atoms with Crippen molar-refractivity contribution in [2.45, 2.75) is 38.0 Å². The molecular weight excluding hydrogens is 276 g/mol. The molecule has 1 fully saturated rings. The van der Waals surface area contributed by atoms with Gasteiger partial charge < -0.3 is 9.84 Å². The summed E-state index contributed by atoms with van der Waals surface area (Å²) in [5.74, 6) is 1.02. The average molecular weight is 296 g/mol. The van der Waals surface area contributed by atoms with Gasteiger partial charge in [0.15, 0.2) is 0 Å². The molecule has 0 atom stereocenters. The van der Waals surface area contributed by atoms with Gasteiger partial charge in [0.25, 0.3) is 0 Å². The van der Waals surface area contributed by atoms with E-state index in [1.807, 2.05) is 12.1 Å². The monoisotopic (exact) mass is 296 g/mol. The topological polar surface area (TPSA) is 46.5 Å². The van der Waals surface area contributed by atoms with Crippen LogP contribution in [0.3, 0.4) is 0 Å². The fourth-order valence-corrected chi connectivity index (χ4v) is 3.07. The van der Waals surface area contributed by atoms with E-state index in [0.29, 0.717) is 11.7 Å². The highest BCUT2D eigenvalue weighted by Crippen LogP contribution is 2.33. The summed E-state index contributed by atoms with van der Waals surface area (Å²) < 4.78 is 5.75. The zero-order chi connectivity index (χ0) is 15.4. The second-order valence-corrected chi connectivity index (χ2v) is 5.84. The second kappa shape index (κ2) is 6.65. The lowest BCUT2D eigenvalue weighted by molar-refractivity contribution is 0.0696. The van der Waals surface area contributed by atoms with Gasteiger partial charge in [-0.15, -0.1) is 0 Å². The first-order chi connectivity index (χ1) is 10.7. The standard InChI is InChI=1S/C19H20O3/c20-19(21)16-7-4-8-18(13-16)22-17-11-9-15(10-12-17)14-5-2-1-3-6-14/h4,7-14H,1-3,5-6H2,(H,20,21). The van der Waals surface area contributed by atoms with Crippen LogP contribution >= 0.6 is 0 Å². The second-order valence-electron chi connectivity index (χ2n) is 5.84. The van der Waals surface area contributed by atoms with Crippen molar-refractivity contribution in [2.24, 2.45) is 0 Å². The van der Waals surface area contributed by atoms with E-state index in [1.165, 1.54) is 43.7 Å². The van der Waals surface area contributed by atoms with Crippen LogP contribution in [-0.4, -0.2) is 11.1 Å². The molecule has 3 nitrogen and oxygen atoms in total. The van der Waals surface area contributed by atoms with E-state index in [0.717, 1.165) is 5.75 Å². The molecule has 22 heavy (non-hydrogen) atoms. The van der Waals surface area contributed by atoms with Crippen LogP contribution in [0.2, 0.25) is 0 Å². The van der Waals surface area contributed by atoms with Gasteiger partial charge in [-0.3, -0.25) is 0 Å². The Balaban J connectivity index is 1.70. The minimum Gasteiger partial charge on any atom is -0.478 e. The van der Waals surface area contributed by atoms with Crippen LogP contribution < -0.4 is 4.74 Å². The van der Waals surface area contributed by atoms with E-state index in [-0.39, 0.29) is 5.56 Å². The molecule has 0 spiro atoms. The highest BCUT2D eigenvalue weighted by atomic mass is 16.5. The fraction of sp³-hybridized carbons (Fsp3) is 0.316. The molecule has 0 aromatic heterocycles. The van der Waals surface area contributed by atoms with E-state index in [2.05, 4.69) is 12.1 Å². The van der Waals surface area contributed by atoms with Gasteiger partial charge in [-0.1, -0.05) is 37.5 Å². The molecule has 3 heteroatoms. The van der Waals surface area contributed by atoms with Gasteiger partial charge in [-0.2, -0.15) is 0 Å². The van der Waals surface area contributed by atoms with E-state index < -0.39 is 5.97 Å². The van der Waals surface area contributed by atoms with Gasteiger partial charge in [-0.25, -0.2) is 4.79 Å². The number of rotatable bonds is 4. The molecule has 0 heterocycles. The third-order valence-corrected chi connectivity index (χ3v) is 4.27. The van der Waals surface area contributed by atoms with E-state index in [4.69, 9.17) is 9.84 Å². The number of hydrogen-bond acceptors (Lipinski definition) is 2. The Morgan fingerprint density at radius 2 is 1.68 bits per heavy atom. The van der Waals surface area contributed by atoms with E-state index in [9.17, 15) is 4.79 Å². The number of aromatic carboxylic acids is 1. The Morgan fingerprint density at radius 1 is 0.955 bits per heavy atom. The first kappa shape index (κ1) is 14.6. The summed E-state index contributed by atoms with van der Waals surface area (Å²) in [6.45, 7) is 0. The van der Waals surface area contributed by atoms with Crippen molar-refractivity contribution in [1.29, 1.82) is 0 Å². The van der Waals surface area contributed by atoms with Crippen molar-refractivity contribution in [3.05, 3.63) is 59.7 Å². The van der Waals surface area contributed by atoms with Crippen LogP contribution in [0.5, 0.6) is 11.5 Å². The van der Waals surface area contributed by atoms with Crippen LogP contribution in [-0.2, 0) is 0 Å². The lowest BCUT2D eigenvalue weighted by atomic mass is 9.84. The number of benzene rings is 2. The largest absolute Gasteiger partial charge is 0.478 e. The molecule has 0 saturated heterocycles. The molecule has 2 aromatic rings. The molecule has 114 valence electrons. The van der Waals surface area contributed by atoms with Crippen LogP contribution in [0, 0.1) is 0 Å². The van der Waals surface area contributed by atoms with Gasteiger partial charge in [0.1, 0.15) is 11.5 Å². The predicted octanol–water partition coefficient (Wildman–Crippen LogP) is 5.22. The summed E-state index contributed by atoms with van der Waals surface area (Å²) in [4.78, 5) is 11.0. The minimum absolute atomic E-state index is 0.233. The molecule has 0 amide bonds. The van der Waals surface area contributed by atoms with Crippen molar-refractivity contribution < 1.29 is 14.6 Å². The summed E-state index contributed by atoms with van der Waals surface area (Å²) in [6, 6.07) is 14.8. The Hall–Kier alpha value is -2.29. The van der Waals surface area contributed by atoms with Crippen LogP contribution in [0.4, 0.5) is 0 Å². The lowest BCUT2D eigenvalue weighted by Crippen LogP contribution is -2.04. The maximum atomic E-state index is 11.0. The summed E-state index contributed by atoms with van der Waals surface area (Å²) in [5.41, 5.74) is 1.61. The average Bonchev–Trinajstić information content (AvgIpc) is 2.56. The molecule has 0 bridgehead atoms. The van der Waals surface area contributed by atoms with Crippen molar-refractivity contribution in [1.82, 2.24) is 0 Å².